The minimum absolute atomic E-state index is 0.125. The first-order chi connectivity index (χ1) is 17.1. The third-order valence-electron chi connectivity index (χ3n) is 5.89. The number of aromatic nitrogens is 1. The molecule has 186 valence electrons. The predicted octanol–water partition coefficient (Wildman–Crippen LogP) is 5.93. The Morgan fingerprint density at radius 3 is 2.25 bits per heavy atom. The van der Waals surface area contributed by atoms with E-state index in [9.17, 15) is 14.7 Å². The summed E-state index contributed by atoms with van der Waals surface area (Å²) in [7, 11) is 1.37. The van der Waals surface area contributed by atoms with Crippen LogP contribution in [-0.2, 0) is 9.47 Å². The summed E-state index contributed by atoms with van der Waals surface area (Å²) >= 11 is 0. The second kappa shape index (κ2) is 10.2. The second-order valence-corrected chi connectivity index (χ2v) is 9.64. The predicted molar refractivity (Wildman–Crippen MR) is 139 cm³/mol. The number of hydrogen-bond acceptors (Lipinski definition) is 6. The van der Waals surface area contributed by atoms with Gasteiger partial charge < -0.3 is 19.5 Å². The third kappa shape index (κ3) is 5.74. The summed E-state index contributed by atoms with van der Waals surface area (Å²) in [6.45, 7) is 6.44. The van der Waals surface area contributed by atoms with Gasteiger partial charge in [-0.05, 0) is 73.7 Å². The van der Waals surface area contributed by atoms with Crippen molar-refractivity contribution >= 4 is 17.6 Å². The monoisotopic (exact) mass is 486 g/mol. The minimum atomic E-state index is -0.554. The third-order valence-corrected chi connectivity index (χ3v) is 5.89. The molecule has 1 aromatic heterocycles. The van der Waals surface area contributed by atoms with Crippen molar-refractivity contribution in [1.82, 2.24) is 9.88 Å². The topological polar surface area (TPSA) is 89.0 Å². The number of benzene rings is 2. The number of hydrogen-bond donors (Lipinski definition) is 1. The lowest BCUT2D eigenvalue weighted by Crippen LogP contribution is -2.39. The van der Waals surface area contributed by atoms with Gasteiger partial charge in [-0.2, -0.15) is 0 Å². The molecule has 0 fully saturated rings. The summed E-state index contributed by atoms with van der Waals surface area (Å²) in [6, 6.07) is 17.0. The maximum atomic E-state index is 12.5. The number of methoxy groups -OCH3 is 1. The summed E-state index contributed by atoms with van der Waals surface area (Å²) in [5, 5.41) is 9.47. The molecule has 7 nitrogen and oxygen atoms in total. The standard InChI is InChI=1S/C29H30N2O5/c1-29(2,3)36-28(34)31-15-13-20(14-16-31)25-17-22(9-11-24(25)27(33)35-4)19-5-7-21(8-6-19)26-12-10-23(32)18-30-26/h5-13,17-18,32H,14-16H2,1-4H3. The molecule has 7 heteroatoms. The molecule has 0 atom stereocenters. The summed E-state index contributed by atoms with van der Waals surface area (Å²) in [4.78, 5) is 30.9. The Morgan fingerprint density at radius 1 is 0.972 bits per heavy atom. The van der Waals surface area contributed by atoms with E-state index in [0.29, 0.717) is 25.1 Å². The lowest BCUT2D eigenvalue weighted by Gasteiger charge is -2.30. The van der Waals surface area contributed by atoms with Gasteiger partial charge in [-0.3, -0.25) is 4.98 Å². The van der Waals surface area contributed by atoms with E-state index < -0.39 is 11.6 Å². The van der Waals surface area contributed by atoms with Gasteiger partial charge in [0.15, 0.2) is 0 Å². The van der Waals surface area contributed by atoms with Crippen LogP contribution < -0.4 is 0 Å². The normalized spacial score (nSPS) is 13.7. The maximum absolute atomic E-state index is 12.5. The molecule has 2 heterocycles. The van der Waals surface area contributed by atoms with E-state index in [0.717, 1.165) is 33.5 Å². The van der Waals surface area contributed by atoms with Crippen molar-refractivity contribution in [2.45, 2.75) is 32.8 Å². The average Bonchev–Trinajstić information content (AvgIpc) is 2.87. The average molecular weight is 487 g/mol. The van der Waals surface area contributed by atoms with Crippen LogP contribution in [0.5, 0.6) is 5.75 Å². The van der Waals surface area contributed by atoms with E-state index >= 15 is 0 Å². The first kappa shape index (κ1) is 25.0. The fraction of sp³-hybridized carbons (Fsp3) is 0.276. The van der Waals surface area contributed by atoms with Crippen LogP contribution in [0.4, 0.5) is 4.79 Å². The van der Waals surface area contributed by atoms with Gasteiger partial charge in [0.2, 0.25) is 0 Å². The smallest absolute Gasteiger partial charge is 0.410 e. The van der Waals surface area contributed by atoms with Crippen LogP contribution in [-0.4, -0.2) is 52.9 Å². The quantitative estimate of drug-likeness (QED) is 0.460. The molecule has 2 aromatic carbocycles. The highest BCUT2D eigenvalue weighted by atomic mass is 16.6. The lowest BCUT2D eigenvalue weighted by atomic mass is 9.91. The van der Waals surface area contributed by atoms with Gasteiger partial charge in [0.05, 0.1) is 24.6 Å². The molecule has 1 N–H and O–H groups in total. The first-order valence-electron chi connectivity index (χ1n) is 11.8. The number of ether oxygens (including phenoxy) is 2. The Balaban J connectivity index is 1.61. The fourth-order valence-electron chi connectivity index (χ4n) is 4.07. The molecule has 36 heavy (non-hydrogen) atoms. The van der Waals surface area contributed by atoms with Crippen LogP contribution in [0, 0.1) is 0 Å². The van der Waals surface area contributed by atoms with E-state index in [1.165, 1.54) is 13.3 Å². The highest BCUT2D eigenvalue weighted by Crippen LogP contribution is 2.32. The molecule has 0 saturated heterocycles. The van der Waals surface area contributed by atoms with E-state index in [1.807, 2.05) is 63.2 Å². The van der Waals surface area contributed by atoms with Crippen LogP contribution in [0.3, 0.4) is 0 Å². The molecule has 4 rings (SSSR count). The minimum Gasteiger partial charge on any atom is -0.506 e. The second-order valence-electron chi connectivity index (χ2n) is 9.64. The van der Waals surface area contributed by atoms with Crippen molar-refractivity contribution in [3.63, 3.8) is 0 Å². The molecular formula is C29H30N2O5. The first-order valence-corrected chi connectivity index (χ1v) is 11.8. The lowest BCUT2D eigenvalue weighted by molar-refractivity contribution is 0.0270. The van der Waals surface area contributed by atoms with Crippen molar-refractivity contribution in [1.29, 1.82) is 0 Å². The molecule has 1 amide bonds. The van der Waals surface area contributed by atoms with Gasteiger partial charge in [-0.1, -0.05) is 36.4 Å². The van der Waals surface area contributed by atoms with Gasteiger partial charge in [-0.25, -0.2) is 9.59 Å². The number of rotatable bonds is 4. The van der Waals surface area contributed by atoms with E-state index in [1.54, 1.807) is 23.1 Å². The zero-order valence-corrected chi connectivity index (χ0v) is 20.9. The number of esters is 1. The SMILES string of the molecule is COC(=O)c1ccc(-c2ccc(-c3ccc(O)cn3)cc2)cc1C1=CCN(C(=O)OC(C)(C)C)CC1. The van der Waals surface area contributed by atoms with Crippen LogP contribution in [0.2, 0.25) is 0 Å². The van der Waals surface area contributed by atoms with E-state index in [2.05, 4.69) is 4.98 Å². The molecule has 1 aliphatic heterocycles. The fourth-order valence-corrected chi connectivity index (χ4v) is 4.07. The van der Waals surface area contributed by atoms with E-state index in [-0.39, 0.29) is 11.8 Å². The Labute approximate surface area is 211 Å². The molecule has 0 aliphatic carbocycles. The van der Waals surface area contributed by atoms with E-state index in [4.69, 9.17) is 9.47 Å². The number of carbonyl (C=O) groups is 2. The molecule has 3 aromatic rings. The van der Waals surface area contributed by atoms with Crippen molar-refractivity contribution in [2.75, 3.05) is 20.2 Å². The zero-order chi connectivity index (χ0) is 25.9. The van der Waals surface area contributed by atoms with Crippen molar-refractivity contribution < 1.29 is 24.2 Å². The van der Waals surface area contributed by atoms with Gasteiger partial charge >= 0.3 is 12.1 Å². The highest BCUT2D eigenvalue weighted by Gasteiger charge is 2.25. The number of pyridine rings is 1. The molecule has 0 saturated carbocycles. The number of aromatic hydroxyl groups is 1. The van der Waals surface area contributed by atoms with Crippen LogP contribution in [0.25, 0.3) is 28.0 Å². The Morgan fingerprint density at radius 2 is 1.67 bits per heavy atom. The summed E-state index contributed by atoms with van der Waals surface area (Å²) in [5.41, 5.74) is 5.37. The molecule has 1 aliphatic rings. The van der Waals surface area contributed by atoms with Gasteiger partial charge in [0, 0.05) is 18.7 Å². The van der Waals surface area contributed by atoms with Crippen molar-refractivity contribution in [3.8, 4) is 28.1 Å². The number of carbonyl (C=O) groups excluding carboxylic acids is 2. The van der Waals surface area contributed by atoms with Gasteiger partial charge in [-0.15, -0.1) is 0 Å². The number of nitrogens with zero attached hydrogens (tertiary/aromatic N) is 2. The molecule has 0 spiro atoms. The molecule has 0 unspecified atom stereocenters. The Bertz CT molecular complexity index is 1290. The van der Waals surface area contributed by atoms with Crippen LogP contribution in [0.1, 0.15) is 43.1 Å². The van der Waals surface area contributed by atoms with Crippen LogP contribution >= 0.6 is 0 Å². The largest absolute Gasteiger partial charge is 0.506 e. The maximum Gasteiger partial charge on any atom is 0.410 e. The Hall–Kier alpha value is -4.13. The molecule has 0 radical (unpaired) electrons. The summed E-state index contributed by atoms with van der Waals surface area (Å²) in [6.07, 6.45) is 3.64. The number of amides is 1. The van der Waals surface area contributed by atoms with Crippen LogP contribution in [0.15, 0.2) is 66.9 Å². The zero-order valence-electron chi connectivity index (χ0n) is 20.9. The summed E-state index contributed by atoms with van der Waals surface area (Å²) < 4.78 is 10.5. The summed E-state index contributed by atoms with van der Waals surface area (Å²) in [5.74, 6) is -0.277. The van der Waals surface area contributed by atoms with Crippen molar-refractivity contribution in [2.24, 2.45) is 0 Å². The van der Waals surface area contributed by atoms with Gasteiger partial charge in [0.25, 0.3) is 0 Å². The van der Waals surface area contributed by atoms with Gasteiger partial charge in [0.1, 0.15) is 11.4 Å². The van der Waals surface area contributed by atoms with Crippen molar-refractivity contribution in [3.05, 3.63) is 78.0 Å². The Kier molecular flexibility index (Phi) is 7.10. The highest BCUT2D eigenvalue weighted by molar-refractivity contribution is 5.97. The molecular weight excluding hydrogens is 456 g/mol. The molecule has 0 bridgehead atoms.